The largest absolute Gasteiger partial charge is 0.495 e. The number of aryl methyl sites for hydroxylation is 1. The van der Waals surface area contributed by atoms with Crippen molar-refractivity contribution < 1.29 is 14.3 Å². The highest BCUT2D eigenvalue weighted by atomic mass is 16.5. The number of aromatic nitrogens is 3. The van der Waals surface area contributed by atoms with Crippen molar-refractivity contribution in [1.82, 2.24) is 24.8 Å². The third-order valence-electron chi connectivity index (χ3n) is 8.45. The van der Waals surface area contributed by atoms with Crippen molar-refractivity contribution in [3.05, 3.63) is 71.4 Å². The Labute approximate surface area is 222 Å². The van der Waals surface area contributed by atoms with Gasteiger partial charge in [-0.2, -0.15) is 0 Å². The van der Waals surface area contributed by atoms with E-state index in [4.69, 9.17) is 10.5 Å². The molecule has 2 aliphatic heterocycles. The van der Waals surface area contributed by atoms with Crippen LogP contribution >= 0.6 is 0 Å². The molecule has 1 spiro atoms. The van der Waals surface area contributed by atoms with Crippen LogP contribution < -0.4 is 10.5 Å². The molecular formula is C29H32N6O3. The molecule has 0 saturated carbocycles. The van der Waals surface area contributed by atoms with E-state index in [1.54, 1.807) is 19.5 Å². The number of piperidine rings is 1. The van der Waals surface area contributed by atoms with Crippen molar-refractivity contribution in [1.29, 1.82) is 0 Å². The summed E-state index contributed by atoms with van der Waals surface area (Å²) in [5.41, 5.74) is 11.1. The number of carbonyl (C=O) groups excluding carboxylic acids is 2. The topological polar surface area (TPSA) is 115 Å². The Morgan fingerprint density at radius 2 is 1.87 bits per heavy atom. The van der Waals surface area contributed by atoms with Gasteiger partial charge in [-0.3, -0.25) is 24.5 Å². The van der Waals surface area contributed by atoms with Crippen molar-refractivity contribution in [2.45, 2.75) is 38.1 Å². The third kappa shape index (κ3) is 4.62. The molecule has 1 aliphatic carbocycles. The van der Waals surface area contributed by atoms with Gasteiger partial charge in [0, 0.05) is 43.5 Å². The quantitative estimate of drug-likeness (QED) is 0.540. The summed E-state index contributed by atoms with van der Waals surface area (Å²) >= 11 is 0. The Kier molecular flexibility index (Phi) is 6.31. The van der Waals surface area contributed by atoms with E-state index >= 15 is 0 Å². The van der Waals surface area contributed by atoms with Crippen LogP contribution in [0.5, 0.6) is 5.75 Å². The molecule has 38 heavy (non-hydrogen) atoms. The van der Waals surface area contributed by atoms with Crippen LogP contribution in [0, 0.1) is 5.41 Å². The number of primary amides is 1. The number of fused-ring (bicyclic) bond motifs is 1. The first-order valence-electron chi connectivity index (χ1n) is 13.2. The van der Waals surface area contributed by atoms with Crippen LogP contribution in [0.15, 0.2) is 48.9 Å². The summed E-state index contributed by atoms with van der Waals surface area (Å²) in [6.07, 6.45) is 9.33. The maximum atomic E-state index is 12.8. The van der Waals surface area contributed by atoms with Gasteiger partial charge in [-0.15, -0.1) is 0 Å². The fourth-order valence-corrected chi connectivity index (χ4v) is 6.22. The number of pyridine rings is 1. The van der Waals surface area contributed by atoms with Gasteiger partial charge in [0.2, 0.25) is 5.91 Å². The van der Waals surface area contributed by atoms with Gasteiger partial charge in [-0.25, -0.2) is 4.98 Å². The Balaban J connectivity index is 1.03. The summed E-state index contributed by atoms with van der Waals surface area (Å²) in [6.45, 7) is 3.84. The lowest BCUT2D eigenvalue weighted by Crippen LogP contribution is -2.61. The average Bonchev–Trinajstić information content (AvgIpc) is 3.35. The predicted octanol–water partition coefficient (Wildman–Crippen LogP) is 2.80. The van der Waals surface area contributed by atoms with Crippen LogP contribution in [0.3, 0.4) is 0 Å². The summed E-state index contributed by atoms with van der Waals surface area (Å²) in [5.74, 6) is 0.283. The van der Waals surface area contributed by atoms with Crippen molar-refractivity contribution in [3.8, 4) is 17.0 Å². The van der Waals surface area contributed by atoms with Gasteiger partial charge in [0.05, 0.1) is 37.8 Å². The van der Waals surface area contributed by atoms with Crippen LogP contribution in [0.2, 0.25) is 0 Å². The van der Waals surface area contributed by atoms with Gasteiger partial charge in [-0.1, -0.05) is 12.1 Å². The van der Waals surface area contributed by atoms with Crippen molar-refractivity contribution >= 4 is 11.8 Å². The monoisotopic (exact) mass is 512 g/mol. The number of hydrogen-bond donors (Lipinski definition) is 1. The number of carbonyl (C=O) groups is 2. The second kappa shape index (κ2) is 9.79. The Hall–Kier alpha value is -3.85. The molecule has 0 radical (unpaired) electrons. The Bertz CT molecular complexity index is 1340. The molecule has 196 valence electrons. The second-order valence-electron chi connectivity index (χ2n) is 10.8. The number of rotatable bonds is 6. The maximum absolute atomic E-state index is 12.8. The molecule has 3 aliphatic rings. The van der Waals surface area contributed by atoms with E-state index < -0.39 is 5.91 Å². The molecular weight excluding hydrogens is 480 g/mol. The van der Waals surface area contributed by atoms with Crippen LogP contribution in [0.4, 0.5) is 0 Å². The van der Waals surface area contributed by atoms with E-state index in [2.05, 4.69) is 38.1 Å². The highest BCUT2D eigenvalue weighted by Gasteiger charge is 2.48. The standard InChI is InChI=1S/C29H32N6O3/c1-38-22-5-4-21(31-14-22)13-27(36)34-10-8-29(9-11-34)17-35(18-29)26-7-3-19-12-20(2-6-23(19)26)24-15-33-25(16-32-24)28(30)37/h2,4-6,12,14-16,26H,3,7-11,13,17-18H2,1H3,(H2,30,37)/t26-/m1/s1. The number of ether oxygens (including phenoxy) is 1. The van der Waals surface area contributed by atoms with E-state index in [1.807, 2.05) is 17.0 Å². The molecule has 4 heterocycles. The number of amides is 2. The summed E-state index contributed by atoms with van der Waals surface area (Å²) in [5, 5.41) is 0. The van der Waals surface area contributed by atoms with Gasteiger partial charge >= 0.3 is 0 Å². The fraction of sp³-hybridized carbons (Fsp3) is 0.414. The molecule has 2 fully saturated rings. The van der Waals surface area contributed by atoms with E-state index in [1.165, 1.54) is 17.3 Å². The zero-order valence-corrected chi connectivity index (χ0v) is 21.6. The summed E-state index contributed by atoms with van der Waals surface area (Å²) in [6, 6.07) is 10.7. The lowest BCUT2D eigenvalue weighted by molar-refractivity contribution is -0.136. The number of nitrogens with two attached hydrogens (primary N) is 1. The first-order chi connectivity index (χ1) is 18.4. The van der Waals surface area contributed by atoms with E-state index in [9.17, 15) is 9.59 Å². The molecule has 6 rings (SSSR count). The van der Waals surface area contributed by atoms with Crippen molar-refractivity contribution in [2.24, 2.45) is 11.1 Å². The maximum Gasteiger partial charge on any atom is 0.268 e. The number of hydrogen-bond acceptors (Lipinski definition) is 7. The van der Waals surface area contributed by atoms with Gasteiger partial charge in [0.25, 0.3) is 5.91 Å². The molecule has 2 N–H and O–H groups in total. The van der Waals surface area contributed by atoms with E-state index in [0.29, 0.717) is 23.6 Å². The van der Waals surface area contributed by atoms with Crippen molar-refractivity contribution in [2.75, 3.05) is 33.3 Å². The number of methoxy groups -OCH3 is 1. The second-order valence-corrected chi connectivity index (χ2v) is 10.8. The van der Waals surface area contributed by atoms with Crippen LogP contribution in [0.25, 0.3) is 11.3 Å². The minimum atomic E-state index is -0.573. The predicted molar refractivity (Wildman–Crippen MR) is 141 cm³/mol. The smallest absolute Gasteiger partial charge is 0.268 e. The number of nitrogens with zero attached hydrogens (tertiary/aromatic N) is 5. The van der Waals surface area contributed by atoms with Gasteiger partial charge < -0.3 is 15.4 Å². The summed E-state index contributed by atoms with van der Waals surface area (Å²) < 4.78 is 5.15. The summed E-state index contributed by atoms with van der Waals surface area (Å²) in [4.78, 5) is 41.6. The first-order valence-corrected chi connectivity index (χ1v) is 13.2. The normalized spacial score (nSPS) is 20.1. The first kappa shape index (κ1) is 24.5. The van der Waals surface area contributed by atoms with E-state index in [0.717, 1.165) is 68.8 Å². The highest BCUT2D eigenvalue weighted by Crippen LogP contribution is 2.48. The Morgan fingerprint density at radius 1 is 1.05 bits per heavy atom. The minimum absolute atomic E-state index is 0.156. The molecule has 0 unspecified atom stereocenters. The molecule has 2 amide bonds. The van der Waals surface area contributed by atoms with Crippen LogP contribution in [-0.2, 0) is 17.6 Å². The highest BCUT2D eigenvalue weighted by molar-refractivity contribution is 5.90. The molecule has 9 nitrogen and oxygen atoms in total. The van der Waals surface area contributed by atoms with Gasteiger partial charge in [0.1, 0.15) is 11.4 Å². The molecule has 1 atom stereocenters. The molecule has 2 aromatic heterocycles. The van der Waals surface area contributed by atoms with Gasteiger partial charge in [0.15, 0.2) is 0 Å². The lowest BCUT2D eigenvalue weighted by Gasteiger charge is -2.56. The van der Waals surface area contributed by atoms with Gasteiger partial charge in [-0.05, 0) is 60.4 Å². The minimum Gasteiger partial charge on any atom is -0.495 e. The zero-order chi connectivity index (χ0) is 26.3. The van der Waals surface area contributed by atoms with Crippen LogP contribution in [-0.4, -0.2) is 69.9 Å². The molecule has 0 bridgehead atoms. The molecule has 9 heteroatoms. The fourth-order valence-electron chi connectivity index (χ4n) is 6.22. The number of benzene rings is 1. The molecule has 3 aromatic rings. The zero-order valence-electron chi connectivity index (χ0n) is 21.6. The third-order valence-corrected chi connectivity index (χ3v) is 8.45. The average molecular weight is 513 g/mol. The molecule has 1 aromatic carbocycles. The molecule has 2 saturated heterocycles. The Morgan fingerprint density at radius 3 is 2.53 bits per heavy atom. The lowest BCUT2D eigenvalue weighted by atomic mass is 9.71. The SMILES string of the molecule is COc1ccc(CC(=O)N2CCC3(CC2)CN([C@@H]2CCc4cc(-c5cnc(C(N)=O)cn5)ccc42)C3)nc1. The van der Waals surface area contributed by atoms with Crippen LogP contribution in [0.1, 0.15) is 52.6 Å². The number of likely N-dealkylation sites (tertiary alicyclic amines) is 2. The summed E-state index contributed by atoms with van der Waals surface area (Å²) in [7, 11) is 1.61. The van der Waals surface area contributed by atoms with E-state index in [-0.39, 0.29) is 11.6 Å². The van der Waals surface area contributed by atoms with Crippen molar-refractivity contribution in [3.63, 3.8) is 0 Å².